The van der Waals surface area contributed by atoms with Crippen LogP contribution in [-0.2, 0) is 12.8 Å². The highest BCUT2D eigenvalue weighted by molar-refractivity contribution is 7.14. The first-order valence-electron chi connectivity index (χ1n) is 10.4. The first-order chi connectivity index (χ1) is 14.5. The van der Waals surface area contributed by atoms with E-state index in [0.29, 0.717) is 42.0 Å². The predicted molar refractivity (Wildman–Crippen MR) is 115 cm³/mol. The van der Waals surface area contributed by atoms with Gasteiger partial charge in [0.25, 0.3) is 5.91 Å². The Labute approximate surface area is 180 Å². The quantitative estimate of drug-likeness (QED) is 0.730. The number of urea groups is 1. The molecule has 4 rings (SSSR count). The zero-order valence-electron chi connectivity index (χ0n) is 17.3. The van der Waals surface area contributed by atoms with Crippen LogP contribution in [-0.4, -0.2) is 42.6 Å². The van der Waals surface area contributed by atoms with Crippen molar-refractivity contribution in [1.29, 1.82) is 0 Å². The Balaban J connectivity index is 1.30. The van der Waals surface area contributed by atoms with Crippen LogP contribution in [0.5, 0.6) is 11.5 Å². The van der Waals surface area contributed by atoms with Crippen molar-refractivity contribution in [2.24, 2.45) is 5.92 Å². The molecule has 3 amide bonds. The number of nitrogens with zero attached hydrogens (tertiary/aromatic N) is 1. The number of ether oxygens (including phenoxy) is 2. The van der Waals surface area contributed by atoms with Crippen LogP contribution >= 0.6 is 11.3 Å². The summed E-state index contributed by atoms with van der Waals surface area (Å²) in [7, 11) is 0. The van der Waals surface area contributed by atoms with Gasteiger partial charge in [-0.05, 0) is 55.9 Å². The van der Waals surface area contributed by atoms with Crippen LogP contribution in [0.15, 0.2) is 30.3 Å². The normalized spacial score (nSPS) is 19.5. The number of nitrogens with one attached hydrogen (secondary N) is 2. The third-order valence-electron chi connectivity index (χ3n) is 5.50. The van der Waals surface area contributed by atoms with E-state index in [1.54, 1.807) is 4.90 Å². The minimum absolute atomic E-state index is 0.271. The van der Waals surface area contributed by atoms with Crippen LogP contribution in [0.2, 0.25) is 0 Å². The number of benzene rings is 1. The van der Waals surface area contributed by atoms with Gasteiger partial charge in [-0.2, -0.15) is 0 Å². The summed E-state index contributed by atoms with van der Waals surface area (Å²) in [5, 5.41) is 0. The van der Waals surface area contributed by atoms with Crippen molar-refractivity contribution in [3.05, 3.63) is 45.6 Å². The van der Waals surface area contributed by atoms with Crippen LogP contribution in [0, 0.1) is 5.92 Å². The fraction of sp³-hybridized carbons (Fsp3) is 0.455. The highest BCUT2D eigenvalue weighted by Crippen LogP contribution is 2.32. The summed E-state index contributed by atoms with van der Waals surface area (Å²) in [6.07, 6.45) is 2.93. The molecule has 2 heterocycles. The number of hydrazine groups is 1. The molecule has 2 atom stereocenters. The molecule has 7 nitrogen and oxygen atoms in total. The molecule has 0 bridgehead atoms. The summed E-state index contributed by atoms with van der Waals surface area (Å²) in [4.78, 5) is 28.6. The Morgan fingerprint density at radius 2 is 2.03 bits per heavy atom. The summed E-state index contributed by atoms with van der Waals surface area (Å²) < 4.78 is 11.6. The van der Waals surface area contributed by atoms with E-state index in [-0.39, 0.29) is 18.0 Å². The first kappa shape index (κ1) is 20.5. The lowest BCUT2D eigenvalue weighted by Crippen LogP contribution is -2.52. The van der Waals surface area contributed by atoms with Crippen molar-refractivity contribution in [3.8, 4) is 11.5 Å². The summed E-state index contributed by atoms with van der Waals surface area (Å²) in [6, 6.07) is 9.06. The number of likely N-dealkylation sites (N-methyl/N-ethyl adjacent to an activating group) is 1. The number of hydrogen-bond donors (Lipinski definition) is 2. The standard InChI is InChI=1S/C22H27N3O4S/c1-3-25(12-16-13-28-17-6-4-5-7-18(17)29-16)22(27)24-23-21(26)20-11-15-10-14(2)8-9-19(15)30-20/h4-7,11,14,16H,3,8-10,12-13H2,1-2H3,(H,23,26)(H,24,27). The summed E-state index contributed by atoms with van der Waals surface area (Å²) >= 11 is 1.52. The number of aryl methyl sites for hydroxylation is 1. The Morgan fingerprint density at radius 1 is 1.23 bits per heavy atom. The molecule has 2 unspecified atom stereocenters. The van der Waals surface area contributed by atoms with Crippen LogP contribution < -0.4 is 20.3 Å². The predicted octanol–water partition coefficient (Wildman–Crippen LogP) is 3.39. The molecule has 1 aliphatic carbocycles. The van der Waals surface area contributed by atoms with E-state index in [4.69, 9.17) is 9.47 Å². The van der Waals surface area contributed by atoms with E-state index in [1.165, 1.54) is 21.8 Å². The topological polar surface area (TPSA) is 79.9 Å². The summed E-state index contributed by atoms with van der Waals surface area (Å²) in [5.41, 5.74) is 6.34. The monoisotopic (exact) mass is 429 g/mol. The first-order valence-corrected chi connectivity index (χ1v) is 11.2. The molecular formula is C22H27N3O4S. The number of para-hydroxylation sites is 2. The number of fused-ring (bicyclic) bond motifs is 2. The molecule has 30 heavy (non-hydrogen) atoms. The van der Waals surface area contributed by atoms with Crippen molar-refractivity contribution < 1.29 is 19.1 Å². The molecule has 0 saturated heterocycles. The maximum Gasteiger partial charge on any atom is 0.336 e. The number of carbonyl (C=O) groups is 2. The Hall–Kier alpha value is -2.74. The van der Waals surface area contributed by atoms with Crippen molar-refractivity contribution >= 4 is 23.3 Å². The molecular weight excluding hydrogens is 402 g/mol. The molecule has 0 radical (unpaired) electrons. The molecule has 8 heteroatoms. The van der Waals surface area contributed by atoms with Gasteiger partial charge in [-0.25, -0.2) is 10.2 Å². The van der Waals surface area contributed by atoms with Crippen molar-refractivity contribution in [2.45, 2.75) is 39.2 Å². The van der Waals surface area contributed by atoms with Gasteiger partial charge in [0.2, 0.25) is 0 Å². The molecule has 160 valence electrons. The van der Waals surface area contributed by atoms with E-state index < -0.39 is 0 Å². The van der Waals surface area contributed by atoms with Crippen LogP contribution in [0.4, 0.5) is 4.79 Å². The molecule has 0 spiro atoms. The Bertz CT molecular complexity index is 929. The third kappa shape index (κ3) is 4.53. The number of rotatable bonds is 4. The van der Waals surface area contributed by atoms with Gasteiger partial charge < -0.3 is 14.4 Å². The molecule has 2 aliphatic rings. The number of carbonyl (C=O) groups excluding carboxylic acids is 2. The van der Waals surface area contributed by atoms with Gasteiger partial charge in [-0.15, -0.1) is 11.3 Å². The van der Waals surface area contributed by atoms with Crippen LogP contribution in [0.3, 0.4) is 0 Å². The molecule has 0 fully saturated rings. The highest BCUT2D eigenvalue weighted by Gasteiger charge is 2.25. The van der Waals surface area contributed by atoms with Gasteiger partial charge in [0, 0.05) is 11.4 Å². The average molecular weight is 430 g/mol. The molecule has 1 aliphatic heterocycles. The fourth-order valence-corrected chi connectivity index (χ4v) is 4.93. The lowest BCUT2D eigenvalue weighted by molar-refractivity contribution is 0.0665. The minimum Gasteiger partial charge on any atom is -0.486 e. The minimum atomic E-state index is -0.372. The summed E-state index contributed by atoms with van der Waals surface area (Å²) in [5.74, 6) is 1.76. The third-order valence-corrected chi connectivity index (χ3v) is 6.73. The zero-order valence-corrected chi connectivity index (χ0v) is 18.1. The second kappa shape index (κ2) is 8.95. The maximum atomic E-state index is 12.6. The molecule has 0 saturated carbocycles. The Morgan fingerprint density at radius 3 is 2.83 bits per heavy atom. The zero-order chi connectivity index (χ0) is 21.1. The highest BCUT2D eigenvalue weighted by atomic mass is 32.1. The number of amides is 3. The van der Waals surface area contributed by atoms with Gasteiger partial charge in [0.15, 0.2) is 17.6 Å². The Kier molecular flexibility index (Phi) is 6.13. The van der Waals surface area contributed by atoms with Crippen LogP contribution in [0.1, 0.15) is 40.4 Å². The van der Waals surface area contributed by atoms with E-state index >= 15 is 0 Å². The van der Waals surface area contributed by atoms with E-state index in [9.17, 15) is 9.59 Å². The smallest absolute Gasteiger partial charge is 0.336 e. The lowest BCUT2D eigenvalue weighted by atomic mass is 9.90. The largest absolute Gasteiger partial charge is 0.486 e. The van der Waals surface area contributed by atoms with E-state index in [0.717, 1.165) is 19.3 Å². The molecule has 2 aromatic rings. The molecule has 1 aromatic heterocycles. The molecule has 2 N–H and O–H groups in total. The molecule has 1 aromatic carbocycles. The fourth-order valence-electron chi connectivity index (χ4n) is 3.82. The van der Waals surface area contributed by atoms with Gasteiger partial charge >= 0.3 is 6.03 Å². The number of hydrogen-bond acceptors (Lipinski definition) is 5. The van der Waals surface area contributed by atoms with Gasteiger partial charge in [0.05, 0.1) is 11.4 Å². The van der Waals surface area contributed by atoms with Crippen molar-refractivity contribution in [2.75, 3.05) is 19.7 Å². The number of thiophene rings is 1. The SMILES string of the molecule is CCN(CC1COc2ccccc2O1)C(=O)NNC(=O)c1cc2c(s1)CCC(C)C2. The van der Waals surface area contributed by atoms with Gasteiger partial charge in [-0.1, -0.05) is 19.1 Å². The van der Waals surface area contributed by atoms with Gasteiger partial charge in [0.1, 0.15) is 6.61 Å². The lowest BCUT2D eigenvalue weighted by Gasteiger charge is -2.30. The second-order valence-corrected chi connectivity index (χ2v) is 8.96. The van der Waals surface area contributed by atoms with E-state index in [1.807, 2.05) is 37.3 Å². The van der Waals surface area contributed by atoms with Gasteiger partial charge in [-0.3, -0.25) is 10.2 Å². The average Bonchev–Trinajstić information content (AvgIpc) is 3.18. The van der Waals surface area contributed by atoms with Crippen molar-refractivity contribution in [1.82, 2.24) is 15.8 Å². The van der Waals surface area contributed by atoms with Crippen molar-refractivity contribution in [3.63, 3.8) is 0 Å². The maximum absolute atomic E-state index is 12.6. The summed E-state index contributed by atoms with van der Waals surface area (Å²) in [6.45, 7) is 5.32. The van der Waals surface area contributed by atoms with Crippen LogP contribution in [0.25, 0.3) is 0 Å². The second-order valence-electron chi connectivity index (χ2n) is 7.83. The van der Waals surface area contributed by atoms with E-state index in [2.05, 4.69) is 17.8 Å².